The molecule has 63 heavy (non-hydrogen) atoms. The molecule has 0 N–H and O–H groups in total. The summed E-state index contributed by atoms with van der Waals surface area (Å²) in [5.41, 5.74) is 6.16. The molecule has 2 unspecified atom stereocenters. The molecule has 0 fully saturated rings. The average molecular weight is 896 g/mol. The standard InChI is InChI=1S/2C24H25N3O4.Ni/c2*1-5-30-24-19(22(28)18-13-15(2)11-12-20(18)31-24)14-25-21-16(3)26(4)27(23(21)29)17-9-7-6-8-10-17;/h2*6-14,24,28H,5H2,1-4H3;/q;;+2/p-2. The summed E-state index contributed by atoms with van der Waals surface area (Å²) in [5.74, 6) is 0.523. The second kappa shape index (κ2) is 19.6. The number of aryl methyl sites for hydroxylation is 2. The Kier molecular flexibility index (Phi) is 14.3. The van der Waals surface area contributed by atoms with E-state index in [2.05, 4.69) is 9.98 Å². The van der Waals surface area contributed by atoms with Crippen molar-refractivity contribution in [2.75, 3.05) is 13.2 Å². The van der Waals surface area contributed by atoms with Crippen LogP contribution < -0.4 is 30.8 Å². The van der Waals surface area contributed by atoms with Crippen LogP contribution in [0.3, 0.4) is 0 Å². The van der Waals surface area contributed by atoms with Crippen molar-refractivity contribution in [1.29, 1.82) is 0 Å². The van der Waals surface area contributed by atoms with Crippen LogP contribution in [-0.2, 0) is 40.1 Å². The number of hydrogen-bond acceptors (Lipinski definition) is 10. The molecule has 2 aromatic heterocycles. The molecule has 2 aliphatic heterocycles. The van der Waals surface area contributed by atoms with Gasteiger partial charge in [0.25, 0.3) is 11.1 Å². The maximum absolute atomic E-state index is 13.2. The molecule has 4 heterocycles. The summed E-state index contributed by atoms with van der Waals surface area (Å²) in [4.78, 5) is 35.0. The van der Waals surface area contributed by atoms with E-state index >= 15 is 0 Å². The third-order valence-corrected chi connectivity index (χ3v) is 10.6. The van der Waals surface area contributed by atoms with E-state index in [1.807, 2.05) is 114 Å². The van der Waals surface area contributed by atoms with Gasteiger partial charge in [-0.05, 0) is 90.1 Å². The first-order valence-corrected chi connectivity index (χ1v) is 20.2. The van der Waals surface area contributed by atoms with Crippen LogP contribution in [0.5, 0.6) is 11.5 Å². The van der Waals surface area contributed by atoms with Crippen LogP contribution in [0.2, 0.25) is 0 Å². The van der Waals surface area contributed by atoms with E-state index in [4.69, 9.17) is 18.9 Å². The first kappa shape index (κ1) is 45.9. The van der Waals surface area contributed by atoms with Crippen LogP contribution in [0.1, 0.15) is 47.5 Å². The molecular weight excluding hydrogens is 847 g/mol. The van der Waals surface area contributed by atoms with Gasteiger partial charge in [0.1, 0.15) is 11.5 Å². The number of ether oxygens (including phenoxy) is 4. The second-order valence-corrected chi connectivity index (χ2v) is 14.7. The molecule has 0 saturated heterocycles. The molecule has 4 aromatic carbocycles. The molecule has 15 heteroatoms. The quantitative estimate of drug-likeness (QED) is 0.119. The number of nitrogens with zero attached hydrogens (tertiary/aromatic N) is 6. The number of benzene rings is 4. The Labute approximate surface area is 375 Å². The molecule has 328 valence electrons. The Bertz CT molecular complexity index is 2670. The van der Waals surface area contributed by atoms with Gasteiger partial charge in [-0.1, -0.05) is 71.2 Å². The van der Waals surface area contributed by atoms with E-state index in [0.29, 0.717) is 47.2 Å². The van der Waals surface area contributed by atoms with Crippen LogP contribution in [0, 0.1) is 27.7 Å². The van der Waals surface area contributed by atoms with Gasteiger partial charge in [0.05, 0.1) is 22.8 Å². The number of aromatic nitrogens is 4. The van der Waals surface area contributed by atoms with Crippen molar-refractivity contribution in [2.45, 2.75) is 54.1 Å². The monoisotopic (exact) mass is 894 g/mol. The second-order valence-electron chi connectivity index (χ2n) is 14.7. The predicted octanol–water partition coefficient (Wildman–Crippen LogP) is 6.04. The molecule has 0 aliphatic carbocycles. The Hall–Kier alpha value is -6.67. The fourth-order valence-electron chi connectivity index (χ4n) is 7.19. The molecular formula is C48H48N6NiO8. The maximum atomic E-state index is 13.2. The molecule has 8 rings (SSSR count). The number of rotatable bonds is 10. The predicted molar refractivity (Wildman–Crippen MR) is 236 cm³/mol. The van der Waals surface area contributed by atoms with Crippen LogP contribution in [0.25, 0.3) is 22.9 Å². The average Bonchev–Trinajstić information content (AvgIpc) is 3.61. The largest absolute Gasteiger partial charge is 2.00 e. The van der Waals surface area contributed by atoms with E-state index in [1.165, 1.54) is 12.4 Å². The molecule has 0 amide bonds. The van der Waals surface area contributed by atoms with Gasteiger partial charge in [0, 0.05) is 62.0 Å². The molecule has 14 nitrogen and oxygen atoms in total. The Morgan fingerprint density at radius 2 is 0.968 bits per heavy atom. The zero-order chi connectivity index (χ0) is 44.2. The van der Waals surface area contributed by atoms with Gasteiger partial charge < -0.3 is 29.2 Å². The van der Waals surface area contributed by atoms with Crippen molar-refractivity contribution in [3.63, 3.8) is 0 Å². The summed E-state index contributed by atoms with van der Waals surface area (Å²) in [6, 6.07) is 29.5. The van der Waals surface area contributed by atoms with E-state index in [0.717, 1.165) is 22.5 Å². The van der Waals surface area contributed by atoms with E-state index < -0.39 is 12.6 Å². The van der Waals surface area contributed by atoms with Gasteiger partial charge in [-0.3, -0.25) is 19.0 Å². The van der Waals surface area contributed by atoms with Crippen LogP contribution in [-0.4, -0.2) is 57.0 Å². The van der Waals surface area contributed by atoms with Crippen LogP contribution >= 0.6 is 0 Å². The minimum Gasteiger partial charge on any atom is -0.872 e. The molecule has 0 spiro atoms. The van der Waals surface area contributed by atoms with Crippen LogP contribution in [0.15, 0.2) is 128 Å². The SMILES string of the molecule is CCOC1Oc2ccc(C)cc2C([O-])=C1C=Nc1c(C)n(C)n(-c2ccccc2)c1=O.CCOC1Oc2ccc(C)cc2C([O-])=C1C=Nc1c(C)n(C)n(-c2ccccc2)c1=O.[Ni+2]. The van der Waals surface area contributed by atoms with Gasteiger partial charge in [0.2, 0.25) is 12.6 Å². The van der Waals surface area contributed by atoms with E-state index in [9.17, 15) is 19.8 Å². The Morgan fingerprint density at radius 1 is 0.603 bits per heavy atom. The van der Waals surface area contributed by atoms with Gasteiger partial charge in [0.15, 0.2) is 11.4 Å². The first-order chi connectivity index (χ1) is 29.8. The molecule has 2 atom stereocenters. The zero-order valence-corrected chi connectivity index (χ0v) is 37.2. The Morgan fingerprint density at radius 3 is 1.32 bits per heavy atom. The fraction of sp³-hybridized carbons (Fsp3) is 0.250. The fourth-order valence-corrected chi connectivity index (χ4v) is 7.19. The van der Waals surface area contributed by atoms with Gasteiger partial charge in [-0.15, -0.1) is 0 Å². The third-order valence-electron chi connectivity index (χ3n) is 10.6. The maximum Gasteiger partial charge on any atom is 2.00 e. The molecule has 0 radical (unpaired) electrons. The van der Waals surface area contributed by atoms with Crippen molar-refractivity contribution in [2.24, 2.45) is 24.1 Å². The minimum atomic E-state index is -0.878. The van der Waals surface area contributed by atoms with E-state index in [1.54, 1.807) is 57.1 Å². The number of hydrogen-bond donors (Lipinski definition) is 0. The summed E-state index contributed by atoms with van der Waals surface area (Å²) < 4.78 is 29.7. The first-order valence-electron chi connectivity index (χ1n) is 20.2. The van der Waals surface area contributed by atoms with Crippen molar-refractivity contribution in [3.05, 3.63) is 163 Å². The molecule has 6 aromatic rings. The topological polar surface area (TPSA) is 162 Å². The number of para-hydroxylation sites is 2. The van der Waals surface area contributed by atoms with Gasteiger partial charge >= 0.3 is 16.5 Å². The van der Waals surface area contributed by atoms with Crippen LogP contribution in [0.4, 0.5) is 11.4 Å². The van der Waals surface area contributed by atoms with Crippen molar-refractivity contribution >= 4 is 35.3 Å². The smallest absolute Gasteiger partial charge is 0.872 e. The minimum absolute atomic E-state index is 0. The number of fused-ring (bicyclic) bond motifs is 2. The van der Waals surface area contributed by atoms with E-state index in [-0.39, 0.29) is 61.6 Å². The van der Waals surface area contributed by atoms with Gasteiger partial charge in [-0.2, -0.15) is 0 Å². The normalized spacial score (nSPS) is 15.7. The zero-order valence-electron chi connectivity index (χ0n) is 36.2. The molecule has 0 bridgehead atoms. The summed E-state index contributed by atoms with van der Waals surface area (Å²) in [5, 5.41) is 26.3. The summed E-state index contributed by atoms with van der Waals surface area (Å²) in [7, 11) is 3.60. The Balaban J connectivity index is 0.000000206. The van der Waals surface area contributed by atoms with Crippen molar-refractivity contribution in [1.82, 2.24) is 18.7 Å². The molecule has 2 aliphatic rings. The van der Waals surface area contributed by atoms with Crippen molar-refractivity contribution < 1.29 is 45.7 Å². The summed E-state index contributed by atoms with van der Waals surface area (Å²) >= 11 is 0. The summed E-state index contributed by atoms with van der Waals surface area (Å²) in [6.45, 7) is 11.8. The number of aliphatic imine (C=N–C) groups is 2. The molecule has 0 saturated carbocycles. The third kappa shape index (κ3) is 9.13. The summed E-state index contributed by atoms with van der Waals surface area (Å²) in [6.07, 6.45) is 1.04. The van der Waals surface area contributed by atoms with Crippen molar-refractivity contribution in [3.8, 4) is 22.9 Å². The van der Waals surface area contributed by atoms with Gasteiger partial charge in [-0.25, -0.2) is 19.3 Å².